The molecule has 16 heavy (non-hydrogen) atoms. The monoisotopic (exact) mass is 250 g/mol. The maximum absolute atomic E-state index is 11.4. The second-order valence-corrected chi connectivity index (χ2v) is 4.92. The molecule has 1 amide bonds. The van der Waals surface area contributed by atoms with E-state index in [1.807, 2.05) is 0 Å². The van der Waals surface area contributed by atoms with Gasteiger partial charge in [0.1, 0.15) is 0 Å². The minimum atomic E-state index is -0.149. The molecule has 98 valence electrons. The maximum Gasteiger partial charge on any atom is 0.275 e. The van der Waals surface area contributed by atoms with E-state index in [4.69, 9.17) is 5.73 Å². The molecule has 0 spiro atoms. The summed E-state index contributed by atoms with van der Waals surface area (Å²) < 4.78 is 0.732. The largest absolute Gasteiger partial charge is 1.00 e. The molecule has 0 heterocycles. The molecular formula is C12H27ClN2O. The Balaban J connectivity index is 0. The highest BCUT2D eigenvalue weighted by molar-refractivity contribution is 5.78. The summed E-state index contributed by atoms with van der Waals surface area (Å²) in [5.41, 5.74) is 5.48. The Kier molecular flexibility index (Phi) is 9.98. The Labute approximate surface area is 106 Å². The van der Waals surface area contributed by atoms with Crippen LogP contribution in [0, 0.1) is 0 Å². The van der Waals surface area contributed by atoms with Crippen LogP contribution in [0.5, 0.6) is 0 Å². The van der Waals surface area contributed by atoms with Gasteiger partial charge >= 0.3 is 0 Å². The SMILES string of the molecule is CCCCCC(C(N)=O)[N+](C)(C)CCC.[Cl-]. The number of carbonyl (C=O) groups excluding carboxylic acids is 1. The zero-order valence-corrected chi connectivity index (χ0v) is 11.9. The van der Waals surface area contributed by atoms with Gasteiger partial charge in [0, 0.05) is 6.42 Å². The van der Waals surface area contributed by atoms with Crippen LogP contribution in [0.2, 0.25) is 0 Å². The van der Waals surface area contributed by atoms with Crippen molar-refractivity contribution in [2.75, 3.05) is 20.6 Å². The Morgan fingerprint density at radius 2 is 1.75 bits per heavy atom. The lowest BCUT2D eigenvalue weighted by molar-refractivity contribution is -0.906. The molecule has 0 bridgehead atoms. The van der Waals surface area contributed by atoms with Crippen molar-refractivity contribution in [2.24, 2.45) is 5.73 Å². The molecule has 0 rings (SSSR count). The van der Waals surface area contributed by atoms with E-state index in [-0.39, 0.29) is 24.4 Å². The van der Waals surface area contributed by atoms with E-state index >= 15 is 0 Å². The molecular weight excluding hydrogens is 224 g/mol. The van der Waals surface area contributed by atoms with Gasteiger partial charge in [0.2, 0.25) is 0 Å². The van der Waals surface area contributed by atoms with Crippen molar-refractivity contribution >= 4 is 5.91 Å². The van der Waals surface area contributed by atoms with Crippen molar-refractivity contribution in [3.05, 3.63) is 0 Å². The number of carbonyl (C=O) groups is 1. The second kappa shape index (κ2) is 8.82. The van der Waals surface area contributed by atoms with Crippen molar-refractivity contribution in [3.8, 4) is 0 Å². The molecule has 0 aromatic carbocycles. The summed E-state index contributed by atoms with van der Waals surface area (Å²) in [6.07, 6.45) is 5.50. The minimum Gasteiger partial charge on any atom is -1.00 e. The Morgan fingerprint density at radius 3 is 2.12 bits per heavy atom. The van der Waals surface area contributed by atoms with E-state index in [1.54, 1.807) is 0 Å². The number of halogens is 1. The van der Waals surface area contributed by atoms with Crippen LogP contribution >= 0.6 is 0 Å². The van der Waals surface area contributed by atoms with Gasteiger partial charge in [-0.05, 0) is 12.8 Å². The highest BCUT2D eigenvalue weighted by Crippen LogP contribution is 2.15. The molecule has 0 fully saturated rings. The topological polar surface area (TPSA) is 43.1 Å². The molecule has 3 nitrogen and oxygen atoms in total. The molecule has 0 saturated carbocycles. The average Bonchev–Trinajstić information content (AvgIpc) is 2.11. The lowest BCUT2D eigenvalue weighted by Crippen LogP contribution is -3.00. The number of amides is 1. The first-order valence-electron chi connectivity index (χ1n) is 6.07. The van der Waals surface area contributed by atoms with Crippen molar-refractivity contribution in [1.29, 1.82) is 0 Å². The number of unbranched alkanes of at least 4 members (excludes halogenated alkanes) is 2. The van der Waals surface area contributed by atoms with Gasteiger partial charge in [-0.2, -0.15) is 0 Å². The summed E-state index contributed by atoms with van der Waals surface area (Å²) >= 11 is 0. The van der Waals surface area contributed by atoms with E-state index in [0.29, 0.717) is 0 Å². The van der Waals surface area contributed by atoms with Crippen LogP contribution in [-0.4, -0.2) is 37.1 Å². The van der Waals surface area contributed by atoms with Gasteiger partial charge in [0.05, 0.1) is 20.6 Å². The van der Waals surface area contributed by atoms with E-state index < -0.39 is 0 Å². The van der Waals surface area contributed by atoms with Crippen LogP contribution in [-0.2, 0) is 4.79 Å². The van der Waals surface area contributed by atoms with Gasteiger partial charge in [0.15, 0.2) is 6.04 Å². The van der Waals surface area contributed by atoms with Gasteiger partial charge in [-0.25, -0.2) is 0 Å². The van der Waals surface area contributed by atoms with E-state index in [1.165, 1.54) is 12.8 Å². The minimum absolute atomic E-state index is 0. The standard InChI is InChI=1S/C12H26N2O.ClH/c1-5-7-8-9-11(12(13)15)14(3,4)10-6-2;/h11H,5-10H2,1-4H3,(H-,13,15);1H. The van der Waals surface area contributed by atoms with Crippen LogP contribution in [0.1, 0.15) is 46.0 Å². The zero-order valence-electron chi connectivity index (χ0n) is 11.1. The van der Waals surface area contributed by atoms with Crippen molar-refractivity contribution in [3.63, 3.8) is 0 Å². The molecule has 0 aromatic heterocycles. The summed E-state index contributed by atoms with van der Waals surface area (Å²) in [5.74, 6) is -0.149. The Bertz CT molecular complexity index is 195. The number of primary amides is 1. The van der Waals surface area contributed by atoms with E-state index in [9.17, 15) is 4.79 Å². The molecule has 0 aliphatic rings. The molecule has 0 aliphatic carbocycles. The summed E-state index contributed by atoms with van der Waals surface area (Å²) in [7, 11) is 4.20. The van der Waals surface area contributed by atoms with Gasteiger partial charge in [0.25, 0.3) is 5.91 Å². The predicted octanol–water partition coefficient (Wildman–Crippen LogP) is -1.09. The van der Waals surface area contributed by atoms with Crippen LogP contribution in [0.4, 0.5) is 0 Å². The fourth-order valence-electron chi connectivity index (χ4n) is 2.16. The van der Waals surface area contributed by atoms with E-state index in [2.05, 4.69) is 27.9 Å². The number of hydrogen-bond acceptors (Lipinski definition) is 1. The third-order valence-electron chi connectivity index (χ3n) is 3.05. The normalized spacial score (nSPS) is 13.0. The molecule has 0 aliphatic heterocycles. The number of nitrogens with two attached hydrogens (primary N) is 1. The third-order valence-corrected chi connectivity index (χ3v) is 3.05. The highest BCUT2D eigenvalue weighted by Gasteiger charge is 2.31. The first-order valence-corrected chi connectivity index (χ1v) is 6.07. The van der Waals surface area contributed by atoms with Crippen molar-refractivity contribution in [1.82, 2.24) is 0 Å². The number of hydrogen-bond donors (Lipinski definition) is 1. The first-order chi connectivity index (χ1) is 6.95. The third kappa shape index (κ3) is 6.33. The predicted molar refractivity (Wildman–Crippen MR) is 64.4 cm³/mol. The quantitative estimate of drug-likeness (QED) is 0.432. The van der Waals surface area contributed by atoms with Crippen LogP contribution in [0.3, 0.4) is 0 Å². The smallest absolute Gasteiger partial charge is 0.275 e. The van der Waals surface area contributed by atoms with Crippen molar-refractivity contribution in [2.45, 2.75) is 52.0 Å². The van der Waals surface area contributed by atoms with Crippen molar-refractivity contribution < 1.29 is 21.7 Å². The number of nitrogens with zero attached hydrogens (tertiary/aromatic N) is 1. The molecule has 1 atom stereocenters. The molecule has 0 radical (unpaired) electrons. The Hall–Kier alpha value is -0.280. The number of quaternary nitrogens is 1. The van der Waals surface area contributed by atoms with Gasteiger partial charge in [-0.1, -0.05) is 26.7 Å². The molecule has 0 aromatic rings. The zero-order chi connectivity index (χ0) is 11.9. The summed E-state index contributed by atoms with van der Waals surface area (Å²) in [5, 5.41) is 0. The number of likely N-dealkylation sites (N-methyl/N-ethyl adjacent to an activating group) is 1. The average molecular weight is 251 g/mol. The maximum atomic E-state index is 11.4. The Morgan fingerprint density at radius 1 is 1.19 bits per heavy atom. The van der Waals surface area contributed by atoms with Crippen LogP contribution < -0.4 is 18.1 Å². The van der Waals surface area contributed by atoms with Crippen LogP contribution in [0.25, 0.3) is 0 Å². The number of rotatable bonds is 8. The molecule has 2 N–H and O–H groups in total. The second-order valence-electron chi connectivity index (χ2n) is 4.92. The molecule has 1 unspecified atom stereocenters. The summed E-state index contributed by atoms with van der Waals surface area (Å²) in [6, 6.07) is -0.0171. The summed E-state index contributed by atoms with van der Waals surface area (Å²) in [6.45, 7) is 5.33. The molecule has 4 heteroatoms. The molecule has 0 saturated heterocycles. The summed E-state index contributed by atoms with van der Waals surface area (Å²) in [4.78, 5) is 11.4. The van der Waals surface area contributed by atoms with Gasteiger partial charge in [-0.3, -0.25) is 4.79 Å². The van der Waals surface area contributed by atoms with Gasteiger partial charge < -0.3 is 22.6 Å². The fraction of sp³-hybridized carbons (Fsp3) is 0.917. The van der Waals surface area contributed by atoms with Gasteiger partial charge in [-0.15, -0.1) is 0 Å². The first kappa shape index (κ1) is 18.1. The van der Waals surface area contributed by atoms with Crippen LogP contribution in [0.15, 0.2) is 0 Å². The lowest BCUT2D eigenvalue weighted by Gasteiger charge is -2.36. The lowest BCUT2D eigenvalue weighted by atomic mass is 10.0. The van der Waals surface area contributed by atoms with E-state index in [0.717, 1.165) is 30.3 Å². The fourth-order valence-corrected chi connectivity index (χ4v) is 2.16. The highest BCUT2D eigenvalue weighted by atomic mass is 35.5.